The average Bonchev–Trinajstić information content (AvgIpc) is 3.36. The van der Waals surface area contributed by atoms with E-state index in [0.717, 1.165) is 33.7 Å². The van der Waals surface area contributed by atoms with Crippen molar-refractivity contribution in [2.45, 2.75) is 0 Å². The molecular formula is C27H25ClN8O2. The number of nitrogens with zero attached hydrogens (tertiary/aromatic N) is 6. The minimum Gasteiger partial charge on any atom is -0.497 e. The normalized spacial score (nSPS) is 12.6. The molecule has 1 aliphatic heterocycles. The molecule has 2 aromatic carbocycles. The van der Waals surface area contributed by atoms with Crippen LogP contribution in [-0.2, 0) is 0 Å². The maximum Gasteiger partial charge on any atom is 0.222 e. The molecule has 2 aromatic heterocycles. The lowest BCUT2D eigenvalue weighted by atomic mass is 10.1. The van der Waals surface area contributed by atoms with E-state index in [1.807, 2.05) is 59.6 Å². The molecular weight excluding hydrogens is 504 g/mol. The summed E-state index contributed by atoms with van der Waals surface area (Å²) in [4.78, 5) is 19.6. The van der Waals surface area contributed by atoms with Gasteiger partial charge < -0.3 is 25.1 Å². The molecule has 10 nitrogen and oxygen atoms in total. The lowest BCUT2D eigenvalue weighted by molar-refractivity contribution is 0.374. The van der Waals surface area contributed by atoms with Gasteiger partial charge in [-0.25, -0.2) is 20.4 Å². The van der Waals surface area contributed by atoms with E-state index in [1.54, 1.807) is 26.5 Å². The van der Waals surface area contributed by atoms with Crippen molar-refractivity contribution in [2.24, 2.45) is 0 Å². The zero-order valence-electron chi connectivity index (χ0n) is 21.1. The topological polar surface area (TPSA) is 115 Å². The molecule has 0 unspecified atom stereocenters. The number of hydrogen-bond donors (Lipinski definition) is 2. The van der Waals surface area contributed by atoms with Crippen LogP contribution in [0.25, 0.3) is 16.6 Å². The van der Waals surface area contributed by atoms with Gasteiger partial charge in [-0.2, -0.15) is 0 Å². The first-order valence-electron chi connectivity index (χ1n) is 11.7. The van der Waals surface area contributed by atoms with E-state index in [4.69, 9.17) is 31.8 Å². The summed E-state index contributed by atoms with van der Waals surface area (Å²) in [6, 6.07) is 13.1. The third-order valence-corrected chi connectivity index (χ3v) is 6.04. The second-order valence-electron chi connectivity index (χ2n) is 8.42. The van der Waals surface area contributed by atoms with E-state index >= 15 is 0 Å². The molecule has 0 radical (unpaired) electrons. The van der Waals surface area contributed by atoms with E-state index in [1.165, 1.54) is 0 Å². The minimum atomic E-state index is 0.0684. The van der Waals surface area contributed by atoms with Crippen molar-refractivity contribution in [3.63, 3.8) is 0 Å². The van der Waals surface area contributed by atoms with Crippen LogP contribution in [0.3, 0.4) is 0 Å². The molecule has 0 atom stereocenters. The predicted molar refractivity (Wildman–Crippen MR) is 148 cm³/mol. The zero-order valence-corrected chi connectivity index (χ0v) is 21.8. The van der Waals surface area contributed by atoms with E-state index < -0.39 is 0 Å². The number of aromatic nitrogens is 4. The van der Waals surface area contributed by atoms with E-state index in [9.17, 15) is 0 Å². The maximum atomic E-state index is 6.01. The number of rotatable bonds is 6. The van der Waals surface area contributed by atoms with Crippen LogP contribution in [0.5, 0.6) is 11.5 Å². The highest BCUT2D eigenvalue weighted by Crippen LogP contribution is 2.34. The fourth-order valence-electron chi connectivity index (χ4n) is 4.00. The number of nitrogens with one attached hydrogen (secondary N) is 1. The number of ether oxygens (including phenoxy) is 2. The number of anilines is 3. The van der Waals surface area contributed by atoms with E-state index in [-0.39, 0.29) is 11.1 Å². The first-order chi connectivity index (χ1) is 18.4. The number of hydrazine groups is 1. The zero-order chi connectivity index (χ0) is 26.6. The van der Waals surface area contributed by atoms with Crippen molar-refractivity contribution in [2.75, 3.05) is 45.0 Å². The van der Waals surface area contributed by atoms with Gasteiger partial charge in [-0.3, -0.25) is 4.98 Å². The molecule has 4 aromatic rings. The highest BCUT2D eigenvalue weighted by molar-refractivity contribution is 6.29. The number of nitrogen functional groups attached to an aromatic ring is 1. The first-order valence-corrected chi connectivity index (χ1v) is 12.0. The summed E-state index contributed by atoms with van der Waals surface area (Å²) in [5, 5.41) is 2.14. The Hall–Kier alpha value is -4.59. The summed E-state index contributed by atoms with van der Waals surface area (Å²) < 4.78 is 11.0. The standard InChI is InChI=1S/C27H25ClN8O2/c1-35-16-17(14-31-35)25-15-30-23-7-6-19(12-24(23)33-25)36(20-10-21(37-2)13-22(11-20)38-3)8-4-5-18-9-26(28)34-27(29)32-18/h6-7,9-13,15-16,31H,8,14H2,1-3H3,(H2,29,32,34). The van der Waals surface area contributed by atoms with Crippen LogP contribution in [0.15, 0.2) is 54.9 Å². The van der Waals surface area contributed by atoms with Crippen LogP contribution in [0, 0.1) is 11.8 Å². The van der Waals surface area contributed by atoms with Crippen LogP contribution >= 0.6 is 11.6 Å². The molecule has 38 heavy (non-hydrogen) atoms. The lowest BCUT2D eigenvalue weighted by Gasteiger charge is -2.24. The summed E-state index contributed by atoms with van der Waals surface area (Å²) in [5.41, 5.74) is 14.5. The molecule has 3 N–H and O–H groups in total. The van der Waals surface area contributed by atoms with E-state index in [2.05, 4.69) is 32.2 Å². The van der Waals surface area contributed by atoms with Crippen molar-refractivity contribution in [1.82, 2.24) is 30.4 Å². The predicted octanol–water partition coefficient (Wildman–Crippen LogP) is 3.65. The summed E-state index contributed by atoms with van der Waals surface area (Å²) in [7, 11) is 5.18. The number of halogens is 1. The molecule has 1 aliphatic rings. The summed E-state index contributed by atoms with van der Waals surface area (Å²) >= 11 is 6.01. The molecule has 0 aliphatic carbocycles. The van der Waals surface area contributed by atoms with Gasteiger partial charge in [0, 0.05) is 61.0 Å². The third-order valence-electron chi connectivity index (χ3n) is 5.85. The number of benzene rings is 2. The second-order valence-corrected chi connectivity index (χ2v) is 8.81. The van der Waals surface area contributed by atoms with Gasteiger partial charge in [0.25, 0.3) is 0 Å². The van der Waals surface area contributed by atoms with Crippen LogP contribution in [0.4, 0.5) is 17.3 Å². The Kier molecular flexibility index (Phi) is 7.13. The molecule has 0 fully saturated rings. The van der Waals surface area contributed by atoms with Gasteiger partial charge >= 0.3 is 0 Å². The molecule has 11 heteroatoms. The van der Waals surface area contributed by atoms with Crippen molar-refractivity contribution in [3.8, 4) is 23.3 Å². The van der Waals surface area contributed by atoms with Gasteiger partial charge in [0.15, 0.2) is 0 Å². The lowest BCUT2D eigenvalue weighted by Crippen LogP contribution is -2.23. The SMILES string of the molecule is COc1cc(OC)cc(N(CC#Cc2cc(Cl)nc(N)n2)c2ccc3ncc(C4=CN(C)NC4)nc3c2)c1. The highest BCUT2D eigenvalue weighted by Gasteiger charge is 2.16. The number of fused-ring (bicyclic) bond motifs is 1. The minimum absolute atomic E-state index is 0.0684. The largest absolute Gasteiger partial charge is 0.497 e. The molecule has 192 valence electrons. The molecule has 0 bridgehead atoms. The van der Waals surface area contributed by atoms with Crippen LogP contribution in [0.1, 0.15) is 11.4 Å². The van der Waals surface area contributed by atoms with Crippen LogP contribution < -0.4 is 25.5 Å². The number of nitrogens with two attached hydrogens (primary N) is 1. The summed E-state index contributed by atoms with van der Waals surface area (Å²) in [6.45, 7) is 1.01. The average molecular weight is 529 g/mol. The Morgan fingerprint density at radius 2 is 1.82 bits per heavy atom. The Labute approximate surface area is 225 Å². The van der Waals surface area contributed by atoms with Crippen LogP contribution in [0.2, 0.25) is 5.15 Å². The van der Waals surface area contributed by atoms with E-state index in [0.29, 0.717) is 30.3 Å². The van der Waals surface area contributed by atoms with Gasteiger partial charge in [0.2, 0.25) is 5.95 Å². The molecule has 0 amide bonds. The van der Waals surface area contributed by atoms with Crippen molar-refractivity contribution < 1.29 is 9.47 Å². The van der Waals surface area contributed by atoms with Gasteiger partial charge in [-0.15, -0.1) is 0 Å². The number of methoxy groups -OCH3 is 2. The van der Waals surface area contributed by atoms with Gasteiger partial charge in [-0.05, 0) is 24.1 Å². The Balaban J connectivity index is 1.57. The van der Waals surface area contributed by atoms with Crippen molar-refractivity contribution in [1.29, 1.82) is 0 Å². The fourth-order valence-corrected chi connectivity index (χ4v) is 4.19. The second kappa shape index (κ2) is 10.8. The van der Waals surface area contributed by atoms with Gasteiger partial charge in [-0.1, -0.05) is 17.5 Å². The molecule has 0 spiro atoms. The molecule has 0 saturated carbocycles. The maximum absolute atomic E-state index is 6.01. The Morgan fingerprint density at radius 3 is 2.50 bits per heavy atom. The quantitative estimate of drug-likeness (QED) is 0.284. The molecule has 5 rings (SSSR count). The highest BCUT2D eigenvalue weighted by atomic mass is 35.5. The van der Waals surface area contributed by atoms with Gasteiger partial charge in [0.1, 0.15) is 22.3 Å². The summed E-state index contributed by atoms with van der Waals surface area (Å²) in [5.74, 6) is 7.57. The van der Waals surface area contributed by atoms with Crippen molar-refractivity contribution in [3.05, 3.63) is 71.4 Å². The Morgan fingerprint density at radius 1 is 1.03 bits per heavy atom. The van der Waals surface area contributed by atoms with Crippen LogP contribution in [-0.4, -0.2) is 59.3 Å². The van der Waals surface area contributed by atoms with Gasteiger partial charge in [0.05, 0.1) is 43.7 Å². The first kappa shape index (κ1) is 25.1. The third kappa shape index (κ3) is 5.54. The van der Waals surface area contributed by atoms with Crippen molar-refractivity contribution >= 4 is 45.5 Å². The molecule has 3 heterocycles. The Bertz CT molecular complexity index is 1560. The molecule has 0 saturated heterocycles. The summed E-state index contributed by atoms with van der Waals surface area (Å²) in [6.07, 6.45) is 3.81. The monoisotopic (exact) mass is 528 g/mol. The smallest absolute Gasteiger partial charge is 0.222 e. The number of hydrogen-bond acceptors (Lipinski definition) is 10. The fraction of sp³-hybridized carbons (Fsp3) is 0.185.